The number of aryl methyl sites for hydroxylation is 1. The summed E-state index contributed by atoms with van der Waals surface area (Å²) in [5, 5.41) is 9.12. The Hall–Kier alpha value is -1.95. The van der Waals surface area contributed by atoms with Crippen molar-refractivity contribution in [2.24, 2.45) is 0 Å². The van der Waals surface area contributed by atoms with Crippen LogP contribution in [0.15, 0.2) is 23.8 Å². The lowest BCUT2D eigenvalue weighted by atomic mass is 10.2. The minimum absolute atomic E-state index is 0.0877. The van der Waals surface area contributed by atoms with Crippen molar-refractivity contribution in [3.8, 4) is 0 Å². The van der Waals surface area contributed by atoms with E-state index in [0.717, 1.165) is 29.4 Å². The lowest BCUT2D eigenvalue weighted by molar-refractivity contribution is 0.0955. The molecule has 0 fully saturated rings. The first kappa shape index (κ1) is 14.5. The van der Waals surface area contributed by atoms with E-state index in [9.17, 15) is 4.79 Å². The summed E-state index contributed by atoms with van der Waals surface area (Å²) in [7, 11) is 0. The van der Waals surface area contributed by atoms with Gasteiger partial charge in [-0.15, -0.1) is 11.3 Å². The van der Waals surface area contributed by atoms with Crippen LogP contribution in [-0.2, 0) is 6.42 Å². The molecule has 5 nitrogen and oxygen atoms in total. The predicted octanol–water partition coefficient (Wildman–Crippen LogP) is 2.25. The van der Waals surface area contributed by atoms with Gasteiger partial charge < -0.3 is 10.6 Å². The van der Waals surface area contributed by atoms with E-state index in [-0.39, 0.29) is 5.91 Å². The van der Waals surface area contributed by atoms with Crippen molar-refractivity contribution >= 4 is 22.9 Å². The first-order valence-corrected chi connectivity index (χ1v) is 7.45. The molecule has 0 radical (unpaired) electrons. The van der Waals surface area contributed by atoms with Crippen molar-refractivity contribution < 1.29 is 4.79 Å². The molecule has 2 aromatic heterocycles. The van der Waals surface area contributed by atoms with Crippen molar-refractivity contribution in [1.29, 1.82) is 0 Å². The van der Waals surface area contributed by atoms with Crippen molar-refractivity contribution in [1.82, 2.24) is 15.3 Å². The van der Waals surface area contributed by atoms with E-state index in [1.54, 1.807) is 29.8 Å². The Morgan fingerprint density at radius 2 is 2.30 bits per heavy atom. The van der Waals surface area contributed by atoms with Crippen LogP contribution in [0.5, 0.6) is 0 Å². The van der Waals surface area contributed by atoms with Crippen LogP contribution in [0.4, 0.5) is 5.69 Å². The lowest BCUT2D eigenvalue weighted by Gasteiger charge is -2.10. The van der Waals surface area contributed by atoms with E-state index < -0.39 is 0 Å². The Balaban J connectivity index is 1.91. The van der Waals surface area contributed by atoms with E-state index >= 15 is 0 Å². The molecule has 106 valence electrons. The highest BCUT2D eigenvalue weighted by Gasteiger charge is 2.10. The largest absolute Gasteiger partial charge is 0.383 e. The lowest BCUT2D eigenvalue weighted by Crippen LogP contribution is -2.26. The van der Waals surface area contributed by atoms with Gasteiger partial charge in [0.1, 0.15) is 0 Å². The molecule has 6 heteroatoms. The van der Waals surface area contributed by atoms with Gasteiger partial charge in [-0.3, -0.25) is 9.78 Å². The molecule has 0 bridgehead atoms. The van der Waals surface area contributed by atoms with Gasteiger partial charge in [-0.05, 0) is 19.9 Å². The molecule has 0 atom stereocenters. The zero-order chi connectivity index (χ0) is 14.4. The fourth-order valence-corrected chi connectivity index (χ4v) is 2.49. The van der Waals surface area contributed by atoms with Gasteiger partial charge in [0, 0.05) is 31.1 Å². The van der Waals surface area contributed by atoms with Gasteiger partial charge in [0.25, 0.3) is 5.91 Å². The van der Waals surface area contributed by atoms with Gasteiger partial charge in [0.15, 0.2) is 0 Å². The number of amides is 1. The molecule has 2 N–H and O–H groups in total. The van der Waals surface area contributed by atoms with Gasteiger partial charge >= 0.3 is 0 Å². The molecule has 2 heterocycles. The number of aromatic nitrogens is 2. The molecule has 2 rings (SSSR count). The van der Waals surface area contributed by atoms with Crippen LogP contribution in [0.1, 0.15) is 28.0 Å². The number of rotatable bonds is 6. The summed E-state index contributed by atoms with van der Waals surface area (Å²) in [6, 6.07) is 1.72. The van der Waals surface area contributed by atoms with E-state index in [1.165, 1.54) is 0 Å². The molecule has 20 heavy (non-hydrogen) atoms. The quantitative estimate of drug-likeness (QED) is 0.856. The molecule has 1 amide bonds. The smallest absolute Gasteiger partial charge is 0.253 e. The fourth-order valence-electron chi connectivity index (χ4n) is 1.85. The topological polar surface area (TPSA) is 66.9 Å². The number of hydrogen-bond donors (Lipinski definition) is 2. The Kier molecular flexibility index (Phi) is 5.06. The summed E-state index contributed by atoms with van der Waals surface area (Å²) in [6.07, 6.45) is 4.04. The van der Waals surface area contributed by atoms with E-state index in [2.05, 4.69) is 20.6 Å². The molecule has 0 spiro atoms. The van der Waals surface area contributed by atoms with Crippen LogP contribution in [0.2, 0.25) is 0 Å². The summed E-state index contributed by atoms with van der Waals surface area (Å²) in [6.45, 7) is 5.30. The van der Waals surface area contributed by atoms with E-state index in [4.69, 9.17) is 0 Å². The van der Waals surface area contributed by atoms with Crippen molar-refractivity contribution in [2.75, 3.05) is 18.4 Å². The van der Waals surface area contributed by atoms with Gasteiger partial charge in [0.05, 0.1) is 28.1 Å². The summed E-state index contributed by atoms with van der Waals surface area (Å²) in [4.78, 5) is 20.5. The summed E-state index contributed by atoms with van der Waals surface area (Å²) >= 11 is 1.63. The average molecular weight is 290 g/mol. The number of nitrogens with one attached hydrogen (secondary N) is 2. The second-order valence-electron chi connectivity index (χ2n) is 4.32. The van der Waals surface area contributed by atoms with Crippen LogP contribution < -0.4 is 10.6 Å². The highest BCUT2D eigenvalue weighted by molar-refractivity contribution is 7.09. The summed E-state index contributed by atoms with van der Waals surface area (Å²) in [5.41, 5.74) is 2.41. The standard InChI is InChI=1S/C14H18N4OS/c1-3-16-13-8-15-6-5-12(13)14(19)17-7-4-11-9-20-10(2)18-11/h5-6,8-9,16H,3-4,7H2,1-2H3,(H,17,19). The molecule has 0 aliphatic heterocycles. The predicted molar refractivity (Wildman–Crippen MR) is 81.3 cm³/mol. The van der Waals surface area contributed by atoms with Crippen molar-refractivity contribution in [2.45, 2.75) is 20.3 Å². The zero-order valence-corrected chi connectivity index (χ0v) is 12.5. The SMILES string of the molecule is CCNc1cnccc1C(=O)NCCc1csc(C)n1. The van der Waals surface area contributed by atoms with E-state index in [1.807, 2.05) is 19.2 Å². The first-order valence-electron chi connectivity index (χ1n) is 6.57. The molecule has 0 aliphatic rings. The third-order valence-corrected chi connectivity index (χ3v) is 3.59. The Morgan fingerprint density at radius 3 is 3.00 bits per heavy atom. The maximum atomic E-state index is 12.1. The molecule has 0 unspecified atom stereocenters. The van der Waals surface area contributed by atoms with Crippen molar-refractivity contribution in [3.63, 3.8) is 0 Å². The second kappa shape index (κ2) is 7.00. The molecule has 0 saturated carbocycles. The molecule has 0 aromatic carbocycles. The highest BCUT2D eigenvalue weighted by atomic mass is 32.1. The molecule has 0 saturated heterocycles. The maximum Gasteiger partial charge on any atom is 0.253 e. The fraction of sp³-hybridized carbons (Fsp3) is 0.357. The van der Waals surface area contributed by atoms with Gasteiger partial charge in [-0.25, -0.2) is 4.98 Å². The third-order valence-electron chi connectivity index (χ3n) is 2.77. The summed E-state index contributed by atoms with van der Waals surface area (Å²) < 4.78 is 0. The molecular formula is C14H18N4OS. The number of thiazole rings is 1. The maximum absolute atomic E-state index is 12.1. The Labute approximate surface area is 122 Å². The highest BCUT2D eigenvalue weighted by Crippen LogP contribution is 2.13. The minimum Gasteiger partial charge on any atom is -0.383 e. The van der Waals surface area contributed by atoms with E-state index in [0.29, 0.717) is 12.1 Å². The summed E-state index contributed by atoms with van der Waals surface area (Å²) in [5.74, 6) is -0.0877. The number of carbonyl (C=O) groups excluding carboxylic acids is 1. The van der Waals surface area contributed by atoms with Gasteiger partial charge in [-0.2, -0.15) is 0 Å². The van der Waals surface area contributed by atoms with Crippen LogP contribution >= 0.6 is 11.3 Å². The molecular weight excluding hydrogens is 272 g/mol. The monoisotopic (exact) mass is 290 g/mol. The van der Waals surface area contributed by atoms with Gasteiger partial charge in [-0.1, -0.05) is 0 Å². The number of hydrogen-bond acceptors (Lipinski definition) is 5. The second-order valence-corrected chi connectivity index (χ2v) is 5.38. The first-order chi connectivity index (χ1) is 9.70. The van der Waals surface area contributed by atoms with Crippen LogP contribution in [0.3, 0.4) is 0 Å². The Bertz CT molecular complexity index is 582. The number of carbonyl (C=O) groups is 1. The number of pyridine rings is 1. The Morgan fingerprint density at radius 1 is 1.45 bits per heavy atom. The van der Waals surface area contributed by atoms with Crippen molar-refractivity contribution in [3.05, 3.63) is 40.1 Å². The van der Waals surface area contributed by atoms with Crippen LogP contribution in [-0.4, -0.2) is 29.0 Å². The van der Waals surface area contributed by atoms with Gasteiger partial charge in [0.2, 0.25) is 0 Å². The number of anilines is 1. The zero-order valence-electron chi connectivity index (χ0n) is 11.6. The third kappa shape index (κ3) is 3.77. The minimum atomic E-state index is -0.0877. The van der Waals surface area contributed by atoms with Crippen LogP contribution in [0.25, 0.3) is 0 Å². The molecule has 0 aliphatic carbocycles. The molecule has 2 aromatic rings. The normalized spacial score (nSPS) is 10.3. The van der Waals surface area contributed by atoms with Crippen LogP contribution in [0, 0.1) is 6.92 Å². The number of nitrogens with zero attached hydrogens (tertiary/aromatic N) is 2. The average Bonchev–Trinajstić information content (AvgIpc) is 2.85.